The second kappa shape index (κ2) is 8.50. The van der Waals surface area contributed by atoms with Crippen molar-refractivity contribution in [3.05, 3.63) is 36.0 Å². The summed E-state index contributed by atoms with van der Waals surface area (Å²) in [6, 6.07) is 8.45. The summed E-state index contributed by atoms with van der Waals surface area (Å²) in [5.74, 6) is 0.0848. The van der Waals surface area contributed by atoms with E-state index in [0.29, 0.717) is 12.5 Å². The maximum Gasteiger partial charge on any atom is 0.311 e. The molecule has 1 aromatic heterocycles. The lowest BCUT2D eigenvalue weighted by Gasteiger charge is -2.34. The van der Waals surface area contributed by atoms with E-state index in [0.717, 1.165) is 38.9 Å². The molecule has 0 saturated carbocycles. The average molecular weight is 344 g/mol. The number of fused-ring (bicyclic) bond motifs is 1. The fraction of sp³-hybridized carbons (Fsp3) is 0.550. The number of rotatable bonds is 7. The molecule has 0 bridgehead atoms. The maximum atomic E-state index is 12.0. The molecule has 0 spiro atoms. The quantitative estimate of drug-likeness (QED) is 0.785. The molecule has 0 amide bonds. The van der Waals surface area contributed by atoms with Crippen LogP contribution < -0.4 is 0 Å². The topological polar surface area (TPSA) is 54.6 Å². The molecule has 25 heavy (non-hydrogen) atoms. The zero-order valence-corrected chi connectivity index (χ0v) is 15.2. The molecule has 2 aromatic rings. The van der Waals surface area contributed by atoms with Crippen LogP contribution in [-0.4, -0.2) is 56.3 Å². The molecule has 1 aliphatic rings. The number of hydrogen-bond donors (Lipinski definition) is 1. The number of nitrogens with zero attached hydrogens (tertiary/aromatic N) is 1. The minimum atomic E-state index is -0.140. The summed E-state index contributed by atoms with van der Waals surface area (Å²) in [6.45, 7) is 3.57. The van der Waals surface area contributed by atoms with E-state index in [1.807, 2.05) is 0 Å². The number of nitrogens with one attached hydrogen (secondary N) is 1. The monoisotopic (exact) mass is 344 g/mol. The minimum Gasteiger partial charge on any atom is -0.469 e. The second-order valence-corrected chi connectivity index (χ2v) is 6.87. The van der Waals surface area contributed by atoms with E-state index in [1.54, 1.807) is 7.11 Å². The predicted octanol–water partition coefficient (Wildman–Crippen LogP) is 2.86. The number of likely N-dealkylation sites (tertiary alicyclic amines) is 1. The van der Waals surface area contributed by atoms with Gasteiger partial charge in [0.1, 0.15) is 0 Å². The predicted molar refractivity (Wildman–Crippen MR) is 98.5 cm³/mol. The Balaban J connectivity index is 1.51. The van der Waals surface area contributed by atoms with Crippen molar-refractivity contribution >= 4 is 16.9 Å². The van der Waals surface area contributed by atoms with Gasteiger partial charge in [-0.15, -0.1) is 0 Å². The first-order chi connectivity index (χ1) is 12.2. The van der Waals surface area contributed by atoms with Crippen molar-refractivity contribution in [1.29, 1.82) is 0 Å². The van der Waals surface area contributed by atoms with E-state index in [2.05, 4.69) is 40.3 Å². The van der Waals surface area contributed by atoms with Crippen LogP contribution in [0.25, 0.3) is 10.9 Å². The van der Waals surface area contributed by atoms with Gasteiger partial charge in [-0.25, -0.2) is 0 Å². The van der Waals surface area contributed by atoms with Crippen molar-refractivity contribution in [3.63, 3.8) is 0 Å². The summed E-state index contributed by atoms with van der Waals surface area (Å²) in [5, 5.41) is 1.32. The summed E-state index contributed by atoms with van der Waals surface area (Å²) in [6.07, 6.45) is 5.23. The standard InChI is InChI=1S/C20H28N2O3/c1-24-14-18(20(23)25-2)15-7-10-22(11-8-15)12-9-16-13-21-19-6-4-3-5-17(16)19/h3-6,13,15,18,21H,7-12,14H2,1-2H3. The van der Waals surface area contributed by atoms with Crippen molar-refractivity contribution in [2.24, 2.45) is 11.8 Å². The van der Waals surface area contributed by atoms with Crippen LogP contribution in [0.1, 0.15) is 18.4 Å². The molecular weight excluding hydrogens is 316 g/mol. The first-order valence-electron chi connectivity index (χ1n) is 9.07. The molecule has 1 atom stereocenters. The number of aromatic nitrogens is 1. The highest BCUT2D eigenvalue weighted by Gasteiger charge is 2.32. The molecule has 1 aliphatic heterocycles. The fourth-order valence-corrected chi connectivity index (χ4v) is 3.92. The van der Waals surface area contributed by atoms with Gasteiger partial charge in [-0.3, -0.25) is 4.79 Å². The number of esters is 1. The Bertz CT molecular complexity index is 689. The number of H-pyrrole nitrogens is 1. The summed E-state index contributed by atoms with van der Waals surface area (Å²) in [4.78, 5) is 17.8. The van der Waals surface area contributed by atoms with Crippen molar-refractivity contribution in [1.82, 2.24) is 9.88 Å². The van der Waals surface area contributed by atoms with Crippen LogP contribution in [0.4, 0.5) is 0 Å². The SMILES string of the molecule is COCC(C(=O)OC)C1CCN(CCc2c[nH]c3ccccc23)CC1. The number of para-hydroxylation sites is 1. The summed E-state index contributed by atoms with van der Waals surface area (Å²) < 4.78 is 10.2. The maximum absolute atomic E-state index is 12.0. The molecule has 5 nitrogen and oxygen atoms in total. The van der Waals surface area contributed by atoms with Crippen LogP contribution in [-0.2, 0) is 20.7 Å². The number of hydrogen-bond acceptors (Lipinski definition) is 4. The van der Waals surface area contributed by atoms with Crippen LogP contribution in [0, 0.1) is 11.8 Å². The third kappa shape index (κ3) is 4.22. The van der Waals surface area contributed by atoms with Crippen molar-refractivity contribution in [2.45, 2.75) is 19.3 Å². The lowest BCUT2D eigenvalue weighted by Crippen LogP contribution is -2.40. The number of aromatic amines is 1. The molecular formula is C20H28N2O3. The second-order valence-electron chi connectivity index (χ2n) is 6.87. The lowest BCUT2D eigenvalue weighted by atomic mass is 9.84. The fourth-order valence-electron chi connectivity index (χ4n) is 3.92. The highest BCUT2D eigenvalue weighted by Crippen LogP contribution is 2.27. The highest BCUT2D eigenvalue weighted by molar-refractivity contribution is 5.83. The Labute approximate surface area is 149 Å². The highest BCUT2D eigenvalue weighted by atomic mass is 16.5. The Kier molecular flexibility index (Phi) is 6.10. The Morgan fingerprint density at radius 3 is 2.76 bits per heavy atom. The summed E-state index contributed by atoms with van der Waals surface area (Å²) in [5.41, 5.74) is 2.58. The van der Waals surface area contributed by atoms with Crippen LogP contribution >= 0.6 is 0 Å². The third-order valence-corrected chi connectivity index (χ3v) is 5.42. The molecule has 5 heteroatoms. The molecule has 3 rings (SSSR count). The first-order valence-corrected chi connectivity index (χ1v) is 9.07. The first kappa shape index (κ1) is 18.0. The molecule has 0 aliphatic carbocycles. The van der Waals surface area contributed by atoms with Crippen LogP contribution in [0.3, 0.4) is 0 Å². The Morgan fingerprint density at radius 2 is 2.04 bits per heavy atom. The number of methoxy groups -OCH3 is 2. The smallest absolute Gasteiger partial charge is 0.311 e. The lowest BCUT2D eigenvalue weighted by molar-refractivity contribution is -0.150. The zero-order valence-electron chi connectivity index (χ0n) is 15.2. The molecule has 1 N–H and O–H groups in total. The van der Waals surface area contributed by atoms with E-state index in [-0.39, 0.29) is 11.9 Å². The minimum absolute atomic E-state index is 0.134. The van der Waals surface area contributed by atoms with Gasteiger partial charge in [0, 0.05) is 30.8 Å². The van der Waals surface area contributed by atoms with Gasteiger partial charge in [0.15, 0.2) is 0 Å². The molecule has 1 aromatic carbocycles. The molecule has 0 radical (unpaired) electrons. The van der Waals surface area contributed by atoms with Crippen molar-refractivity contribution in [2.75, 3.05) is 40.5 Å². The van der Waals surface area contributed by atoms with E-state index < -0.39 is 0 Å². The number of ether oxygens (including phenoxy) is 2. The van der Waals surface area contributed by atoms with Gasteiger partial charge in [-0.1, -0.05) is 18.2 Å². The normalized spacial score (nSPS) is 17.7. The van der Waals surface area contributed by atoms with E-state index in [9.17, 15) is 4.79 Å². The van der Waals surface area contributed by atoms with Gasteiger partial charge in [0.25, 0.3) is 0 Å². The van der Waals surface area contributed by atoms with E-state index >= 15 is 0 Å². The summed E-state index contributed by atoms with van der Waals surface area (Å²) >= 11 is 0. The van der Waals surface area contributed by atoms with Crippen molar-refractivity contribution < 1.29 is 14.3 Å². The van der Waals surface area contributed by atoms with Crippen molar-refractivity contribution in [3.8, 4) is 0 Å². The summed E-state index contributed by atoms with van der Waals surface area (Å²) in [7, 11) is 3.10. The van der Waals surface area contributed by atoms with Crippen LogP contribution in [0.15, 0.2) is 30.5 Å². The molecule has 1 saturated heterocycles. The zero-order chi connectivity index (χ0) is 17.6. The number of carbonyl (C=O) groups is 1. The molecule has 2 heterocycles. The number of piperidine rings is 1. The van der Waals surface area contributed by atoms with E-state index in [1.165, 1.54) is 23.6 Å². The van der Waals surface area contributed by atoms with Gasteiger partial charge in [0.2, 0.25) is 0 Å². The van der Waals surface area contributed by atoms with Crippen LogP contribution in [0.2, 0.25) is 0 Å². The molecule has 1 fully saturated rings. The Hall–Kier alpha value is -1.85. The third-order valence-electron chi connectivity index (χ3n) is 5.42. The van der Waals surface area contributed by atoms with Crippen LogP contribution in [0.5, 0.6) is 0 Å². The number of carbonyl (C=O) groups excluding carboxylic acids is 1. The Morgan fingerprint density at radius 1 is 1.28 bits per heavy atom. The number of benzene rings is 1. The van der Waals surface area contributed by atoms with Gasteiger partial charge < -0.3 is 19.4 Å². The largest absolute Gasteiger partial charge is 0.469 e. The molecule has 1 unspecified atom stereocenters. The van der Waals surface area contributed by atoms with Gasteiger partial charge >= 0.3 is 5.97 Å². The van der Waals surface area contributed by atoms with E-state index in [4.69, 9.17) is 9.47 Å². The average Bonchev–Trinajstić information content (AvgIpc) is 3.07. The van der Waals surface area contributed by atoms with Gasteiger partial charge in [-0.2, -0.15) is 0 Å². The molecule has 136 valence electrons. The van der Waals surface area contributed by atoms with Gasteiger partial charge in [-0.05, 0) is 49.9 Å². The van der Waals surface area contributed by atoms with Gasteiger partial charge in [0.05, 0.1) is 19.6 Å².